The molecular weight excluding hydrogens is 331 g/mol. The van der Waals surface area contributed by atoms with E-state index in [-0.39, 0.29) is 23.5 Å². The van der Waals surface area contributed by atoms with Crippen molar-refractivity contribution in [3.63, 3.8) is 0 Å². The van der Waals surface area contributed by atoms with E-state index < -0.39 is 11.9 Å². The van der Waals surface area contributed by atoms with Crippen LogP contribution in [0.5, 0.6) is 0 Å². The van der Waals surface area contributed by atoms with Crippen molar-refractivity contribution in [1.29, 1.82) is 0 Å². The highest BCUT2D eigenvalue weighted by Crippen LogP contribution is 2.30. The lowest BCUT2D eigenvalue weighted by Gasteiger charge is -2.26. The summed E-state index contributed by atoms with van der Waals surface area (Å²) in [4.78, 5) is 17.0. The van der Waals surface area contributed by atoms with Crippen molar-refractivity contribution in [3.05, 3.63) is 64.2 Å². The standard InChI is InChI=1S/C18H18ClFN2O2/c19-14-7-6-12(9-15(14)20)16(10-23)22-18(24)13-5-1-3-11-4-2-8-21-17(11)13/h2,4,6-9,13,16,23H,1,3,5,10H2,(H,22,24). The average molecular weight is 349 g/mol. The van der Waals surface area contributed by atoms with Gasteiger partial charge in [-0.05, 0) is 48.6 Å². The molecule has 0 fully saturated rings. The Morgan fingerprint density at radius 2 is 2.29 bits per heavy atom. The van der Waals surface area contributed by atoms with E-state index in [2.05, 4.69) is 10.3 Å². The van der Waals surface area contributed by atoms with Crippen LogP contribution >= 0.6 is 11.6 Å². The molecule has 2 N–H and O–H groups in total. The highest BCUT2D eigenvalue weighted by molar-refractivity contribution is 6.30. The quantitative estimate of drug-likeness (QED) is 0.892. The van der Waals surface area contributed by atoms with Gasteiger partial charge in [0.1, 0.15) is 5.82 Å². The van der Waals surface area contributed by atoms with Crippen LogP contribution in [0.15, 0.2) is 36.5 Å². The first-order chi connectivity index (χ1) is 11.6. The smallest absolute Gasteiger partial charge is 0.229 e. The number of hydrogen-bond acceptors (Lipinski definition) is 3. The molecule has 1 heterocycles. The van der Waals surface area contributed by atoms with Crippen LogP contribution in [0.4, 0.5) is 4.39 Å². The third kappa shape index (κ3) is 3.42. The molecule has 1 aromatic carbocycles. The molecule has 2 unspecified atom stereocenters. The number of fused-ring (bicyclic) bond motifs is 1. The molecule has 3 rings (SSSR count). The zero-order valence-electron chi connectivity index (χ0n) is 13.0. The maximum atomic E-state index is 13.6. The molecule has 0 bridgehead atoms. The minimum Gasteiger partial charge on any atom is -0.394 e. The molecule has 0 spiro atoms. The summed E-state index contributed by atoms with van der Waals surface area (Å²) in [6.07, 6.45) is 4.22. The molecule has 24 heavy (non-hydrogen) atoms. The van der Waals surface area contributed by atoms with Gasteiger partial charge in [0.05, 0.1) is 29.3 Å². The number of aliphatic hydroxyl groups excluding tert-OH is 1. The van der Waals surface area contributed by atoms with Crippen LogP contribution in [0.2, 0.25) is 5.02 Å². The lowest BCUT2D eigenvalue weighted by Crippen LogP contribution is -2.36. The first-order valence-corrected chi connectivity index (χ1v) is 8.28. The van der Waals surface area contributed by atoms with Crippen LogP contribution < -0.4 is 5.32 Å². The Labute approximate surface area is 144 Å². The number of carbonyl (C=O) groups is 1. The summed E-state index contributed by atoms with van der Waals surface area (Å²) in [6, 6.07) is 7.42. The molecular formula is C18H18ClFN2O2. The number of pyridine rings is 1. The van der Waals surface area contributed by atoms with Crippen molar-refractivity contribution in [2.24, 2.45) is 0 Å². The molecule has 0 radical (unpaired) electrons. The van der Waals surface area contributed by atoms with E-state index in [4.69, 9.17) is 11.6 Å². The lowest BCUT2D eigenvalue weighted by atomic mass is 9.86. The number of rotatable bonds is 4. The summed E-state index contributed by atoms with van der Waals surface area (Å²) in [5, 5.41) is 12.4. The van der Waals surface area contributed by atoms with Crippen molar-refractivity contribution in [3.8, 4) is 0 Å². The third-order valence-corrected chi connectivity index (χ3v) is 4.66. The topological polar surface area (TPSA) is 62.2 Å². The number of hydrogen-bond donors (Lipinski definition) is 2. The predicted octanol–water partition coefficient (Wildman–Crippen LogP) is 3.14. The molecule has 0 saturated heterocycles. The van der Waals surface area contributed by atoms with Crippen LogP contribution in [-0.2, 0) is 11.2 Å². The number of benzene rings is 1. The molecule has 2 atom stereocenters. The largest absolute Gasteiger partial charge is 0.394 e. The highest BCUT2D eigenvalue weighted by atomic mass is 35.5. The van der Waals surface area contributed by atoms with Gasteiger partial charge in [0.15, 0.2) is 0 Å². The number of aliphatic hydroxyl groups is 1. The van der Waals surface area contributed by atoms with Gasteiger partial charge >= 0.3 is 0 Å². The Balaban J connectivity index is 1.79. The van der Waals surface area contributed by atoms with Crippen molar-refractivity contribution in [1.82, 2.24) is 10.3 Å². The van der Waals surface area contributed by atoms with Crippen molar-refractivity contribution >= 4 is 17.5 Å². The second-order valence-corrected chi connectivity index (χ2v) is 6.32. The van der Waals surface area contributed by atoms with E-state index in [1.54, 1.807) is 12.3 Å². The molecule has 1 aliphatic carbocycles. The minimum absolute atomic E-state index is 0.00664. The zero-order chi connectivity index (χ0) is 17.1. The maximum absolute atomic E-state index is 13.6. The number of nitrogens with one attached hydrogen (secondary N) is 1. The first kappa shape index (κ1) is 16.9. The summed E-state index contributed by atoms with van der Waals surface area (Å²) in [6.45, 7) is -0.325. The van der Waals surface area contributed by atoms with Gasteiger partial charge in [-0.1, -0.05) is 23.7 Å². The summed E-state index contributed by atoms with van der Waals surface area (Å²) in [5.41, 5.74) is 2.35. The molecule has 1 amide bonds. The molecule has 2 aromatic rings. The molecule has 6 heteroatoms. The summed E-state index contributed by atoms with van der Waals surface area (Å²) in [5.74, 6) is -1.13. The Hall–Kier alpha value is -1.98. The third-order valence-electron chi connectivity index (χ3n) is 4.36. The second-order valence-electron chi connectivity index (χ2n) is 5.91. The van der Waals surface area contributed by atoms with Crippen LogP contribution in [0.3, 0.4) is 0 Å². The molecule has 0 aliphatic heterocycles. The summed E-state index contributed by atoms with van der Waals surface area (Å²) >= 11 is 5.68. The second kappa shape index (κ2) is 7.28. The van der Waals surface area contributed by atoms with Crippen molar-refractivity contribution < 1.29 is 14.3 Å². The van der Waals surface area contributed by atoms with E-state index in [0.717, 1.165) is 24.1 Å². The summed E-state index contributed by atoms with van der Waals surface area (Å²) in [7, 11) is 0. The Kier molecular flexibility index (Phi) is 5.11. The van der Waals surface area contributed by atoms with E-state index in [0.29, 0.717) is 12.0 Å². The fourth-order valence-electron chi connectivity index (χ4n) is 3.10. The molecule has 1 aromatic heterocycles. The molecule has 126 valence electrons. The van der Waals surface area contributed by atoms with Crippen LogP contribution in [0, 0.1) is 5.82 Å². The van der Waals surface area contributed by atoms with Gasteiger partial charge in [0.2, 0.25) is 5.91 Å². The number of amides is 1. The minimum atomic E-state index is -0.682. The predicted molar refractivity (Wildman–Crippen MR) is 89.3 cm³/mol. The van der Waals surface area contributed by atoms with Gasteiger partial charge in [0.25, 0.3) is 0 Å². The van der Waals surface area contributed by atoms with Gasteiger partial charge in [-0.3, -0.25) is 9.78 Å². The zero-order valence-corrected chi connectivity index (χ0v) is 13.8. The van der Waals surface area contributed by atoms with E-state index >= 15 is 0 Å². The molecule has 0 saturated carbocycles. The van der Waals surface area contributed by atoms with Crippen molar-refractivity contribution in [2.45, 2.75) is 31.2 Å². The monoisotopic (exact) mass is 348 g/mol. The Morgan fingerprint density at radius 3 is 3.04 bits per heavy atom. The highest BCUT2D eigenvalue weighted by Gasteiger charge is 2.29. The fraction of sp³-hybridized carbons (Fsp3) is 0.333. The number of carbonyl (C=O) groups excluding carboxylic acids is 1. The van der Waals surface area contributed by atoms with E-state index in [1.165, 1.54) is 12.1 Å². The normalized spacial score (nSPS) is 17.9. The van der Waals surface area contributed by atoms with Gasteiger partial charge in [-0.25, -0.2) is 4.39 Å². The number of nitrogens with zero attached hydrogens (tertiary/aromatic N) is 1. The summed E-state index contributed by atoms with van der Waals surface area (Å²) < 4.78 is 13.6. The van der Waals surface area contributed by atoms with E-state index in [1.807, 2.05) is 12.1 Å². The van der Waals surface area contributed by atoms with Crippen molar-refractivity contribution in [2.75, 3.05) is 6.61 Å². The van der Waals surface area contributed by atoms with Gasteiger partial charge < -0.3 is 10.4 Å². The number of aromatic nitrogens is 1. The first-order valence-electron chi connectivity index (χ1n) is 7.90. The van der Waals surface area contributed by atoms with Gasteiger partial charge in [-0.15, -0.1) is 0 Å². The van der Waals surface area contributed by atoms with Crippen LogP contribution in [-0.4, -0.2) is 22.6 Å². The SMILES string of the molecule is O=C(NC(CO)c1ccc(Cl)c(F)c1)C1CCCc2cccnc21. The average Bonchev–Trinajstić information content (AvgIpc) is 2.61. The molecule has 1 aliphatic rings. The fourth-order valence-corrected chi connectivity index (χ4v) is 3.22. The maximum Gasteiger partial charge on any atom is 0.229 e. The number of aryl methyl sites for hydroxylation is 1. The molecule has 4 nitrogen and oxygen atoms in total. The van der Waals surface area contributed by atoms with Crippen LogP contribution in [0.25, 0.3) is 0 Å². The Bertz CT molecular complexity index is 754. The van der Waals surface area contributed by atoms with Crippen LogP contribution in [0.1, 0.15) is 41.6 Å². The van der Waals surface area contributed by atoms with Gasteiger partial charge in [0, 0.05) is 6.20 Å². The number of halogens is 2. The van der Waals surface area contributed by atoms with Gasteiger partial charge in [-0.2, -0.15) is 0 Å². The Morgan fingerprint density at radius 1 is 1.46 bits per heavy atom. The van der Waals surface area contributed by atoms with E-state index in [9.17, 15) is 14.3 Å². The lowest BCUT2D eigenvalue weighted by molar-refractivity contribution is -0.124.